The van der Waals surface area contributed by atoms with Gasteiger partial charge in [0.25, 0.3) is 0 Å². The molecule has 1 aromatic rings. The summed E-state index contributed by atoms with van der Waals surface area (Å²) in [5.74, 6) is 1.16. The zero-order valence-corrected chi connectivity index (χ0v) is 11.6. The first-order valence-corrected chi connectivity index (χ1v) is 6.88. The monoisotopic (exact) mass is 304 g/mol. The molecule has 0 amide bonds. The van der Waals surface area contributed by atoms with Crippen LogP contribution in [0.15, 0.2) is 22.7 Å². The Morgan fingerprint density at radius 2 is 2.19 bits per heavy atom. The van der Waals surface area contributed by atoms with Crippen LogP contribution in [0, 0.1) is 17.2 Å². The van der Waals surface area contributed by atoms with Gasteiger partial charge in [0, 0.05) is 5.88 Å². The normalized spacial score (nSPS) is 19.5. The van der Waals surface area contributed by atoms with Crippen LogP contribution in [0.3, 0.4) is 0 Å². The van der Waals surface area contributed by atoms with Crippen LogP contribution in [0.2, 0.25) is 0 Å². The molecule has 1 aromatic carbocycles. The zero-order valence-electron chi connectivity index (χ0n) is 9.27. The third-order valence-electron chi connectivity index (χ3n) is 3.49. The van der Waals surface area contributed by atoms with Gasteiger partial charge in [-0.2, -0.15) is 0 Å². The van der Waals surface area contributed by atoms with Crippen molar-refractivity contribution in [1.82, 2.24) is 0 Å². The zero-order chi connectivity index (χ0) is 11.8. The SMILES string of the molecule is CC(CCl)(Cc1cccc(F)c1Br)C1CC1. The lowest BCUT2D eigenvalue weighted by Gasteiger charge is -2.27. The van der Waals surface area contributed by atoms with Crippen molar-refractivity contribution in [2.75, 3.05) is 5.88 Å². The molecular formula is C13H15BrClF. The third-order valence-corrected chi connectivity index (χ3v) is 4.99. The van der Waals surface area contributed by atoms with E-state index < -0.39 is 0 Å². The summed E-state index contributed by atoms with van der Waals surface area (Å²) in [4.78, 5) is 0. The van der Waals surface area contributed by atoms with Crippen molar-refractivity contribution < 1.29 is 4.39 Å². The molecule has 1 aliphatic carbocycles. The maximum Gasteiger partial charge on any atom is 0.137 e. The molecule has 0 saturated heterocycles. The molecule has 0 bridgehead atoms. The van der Waals surface area contributed by atoms with Gasteiger partial charge in [-0.05, 0) is 58.2 Å². The first-order chi connectivity index (χ1) is 7.57. The number of alkyl halides is 1. The lowest BCUT2D eigenvalue weighted by Crippen LogP contribution is -2.24. The van der Waals surface area contributed by atoms with E-state index in [4.69, 9.17) is 11.6 Å². The van der Waals surface area contributed by atoms with E-state index in [1.165, 1.54) is 18.9 Å². The van der Waals surface area contributed by atoms with Gasteiger partial charge in [-0.1, -0.05) is 19.1 Å². The Kier molecular flexibility index (Phi) is 3.60. The molecule has 0 nitrogen and oxygen atoms in total. The van der Waals surface area contributed by atoms with E-state index in [-0.39, 0.29) is 11.2 Å². The fourth-order valence-electron chi connectivity index (χ4n) is 2.20. The Bertz CT molecular complexity index is 390. The van der Waals surface area contributed by atoms with E-state index >= 15 is 0 Å². The van der Waals surface area contributed by atoms with Gasteiger partial charge in [0.1, 0.15) is 5.82 Å². The quantitative estimate of drug-likeness (QED) is 0.702. The second-order valence-electron chi connectivity index (χ2n) is 4.95. The van der Waals surface area contributed by atoms with Crippen LogP contribution >= 0.6 is 27.5 Å². The molecule has 0 spiro atoms. The molecule has 0 heterocycles. The van der Waals surface area contributed by atoms with E-state index in [0.717, 1.165) is 12.0 Å². The van der Waals surface area contributed by atoms with Crippen LogP contribution in [-0.2, 0) is 6.42 Å². The molecule has 1 atom stereocenters. The first kappa shape index (κ1) is 12.4. The maximum absolute atomic E-state index is 13.4. The van der Waals surface area contributed by atoms with Gasteiger partial charge >= 0.3 is 0 Å². The fourth-order valence-corrected chi connectivity index (χ4v) is 2.92. The van der Waals surface area contributed by atoms with E-state index in [0.29, 0.717) is 16.3 Å². The van der Waals surface area contributed by atoms with Crippen molar-refractivity contribution in [3.05, 3.63) is 34.1 Å². The summed E-state index contributed by atoms with van der Waals surface area (Å²) in [6.45, 7) is 2.20. The predicted octanol–water partition coefficient (Wildman–Crippen LogP) is 4.79. The summed E-state index contributed by atoms with van der Waals surface area (Å²) < 4.78 is 14.0. The summed E-state index contributed by atoms with van der Waals surface area (Å²) >= 11 is 9.39. The summed E-state index contributed by atoms with van der Waals surface area (Å²) in [7, 11) is 0. The average molecular weight is 306 g/mol. The predicted molar refractivity (Wildman–Crippen MR) is 69.4 cm³/mol. The van der Waals surface area contributed by atoms with E-state index in [1.54, 1.807) is 6.07 Å². The molecular weight excluding hydrogens is 290 g/mol. The fraction of sp³-hybridized carbons (Fsp3) is 0.538. The molecule has 1 saturated carbocycles. The average Bonchev–Trinajstić information content (AvgIpc) is 3.08. The number of hydrogen-bond acceptors (Lipinski definition) is 0. The number of hydrogen-bond donors (Lipinski definition) is 0. The van der Waals surface area contributed by atoms with Crippen molar-refractivity contribution >= 4 is 27.5 Å². The Labute approximate surface area is 109 Å². The molecule has 16 heavy (non-hydrogen) atoms. The first-order valence-electron chi connectivity index (χ1n) is 5.56. The second kappa shape index (κ2) is 4.66. The van der Waals surface area contributed by atoms with Gasteiger partial charge in [-0.25, -0.2) is 4.39 Å². The summed E-state index contributed by atoms with van der Waals surface area (Å²) in [5.41, 5.74) is 1.13. The highest BCUT2D eigenvalue weighted by Crippen LogP contribution is 2.48. The summed E-state index contributed by atoms with van der Waals surface area (Å²) in [6, 6.07) is 5.21. The highest BCUT2D eigenvalue weighted by atomic mass is 79.9. The smallest absolute Gasteiger partial charge is 0.137 e. The van der Waals surface area contributed by atoms with Crippen LogP contribution in [0.4, 0.5) is 4.39 Å². The highest BCUT2D eigenvalue weighted by Gasteiger charge is 2.41. The van der Waals surface area contributed by atoms with Crippen LogP contribution in [0.5, 0.6) is 0 Å². The van der Waals surface area contributed by atoms with Crippen molar-refractivity contribution in [2.24, 2.45) is 11.3 Å². The minimum atomic E-state index is -0.190. The highest BCUT2D eigenvalue weighted by molar-refractivity contribution is 9.10. The minimum absolute atomic E-state index is 0.109. The van der Waals surface area contributed by atoms with Crippen LogP contribution in [-0.4, -0.2) is 5.88 Å². The van der Waals surface area contributed by atoms with Crippen molar-refractivity contribution in [2.45, 2.75) is 26.2 Å². The molecule has 3 heteroatoms. The number of halogens is 3. The number of rotatable bonds is 4. The Hall–Kier alpha value is -0.0800. The molecule has 0 aromatic heterocycles. The minimum Gasteiger partial charge on any atom is -0.206 e. The van der Waals surface area contributed by atoms with Gasteiger partial charge in [0.2, 0.25) is 0 Å². The van der Waals surface area contributed by atoms with E-state index in [1.807, 2.05) is 6.07 Å². The van der Waals surface area contributed by atoms with Gasteiger partial charge in [0.15, 0.2) is 0 Å². The van der Waals surface area contributed by atoms with Crippen LogP contribution in [0.25, 0.3) is 0 Å². The molecule has 0 aliphatic heterocycles. The lowest BCUT2D eigenvalue weighted by molar-refractivity contribution is 0.312. The largest absolute Gasteiger partial charge is 0.206 e. The standard InChI is InChI=1S/C13H15BrClF/c1-13(8-15,10-5-6-10)7-9-3-2-4-11(16)12(9)14/h2-4,10H,5-8H2,1H3. The Morgan fingerprint density at radius 3 is 2.75 bits per heavy atom. The van der Waals surface area contributed by atoms with Gasteiger partial charge in [-0.15, -0.1) is 11.6 Å². The van der Waals surface area contributed by atoms with Gasteiger partial charge < -0.3 is 0 Å². The maximum atomic E-state index is 13.4. The molecule has 0 N–H and O–H groups in total. The molecule has 88 valence electrons. The molecule has 0 radical (unpaired) electrons. The third kappa shape index (κ3) is 2.43. The van der Waals surface area contributed by atoms with Crippen LogP contribution in [0.1, 0.15) is 25.3 Å². The molecule has 2 rings (SSSR count). The summed E-state index contributed by atoms with van der Waals surface area (Å²) in [5, 5.41) is 0. The van der Waals surface area contributed by atoms with Crippen molar-refractivity contribution in [3.8, 4) is 0 Å². The van der Waals surface area contributed by atoms with Crippen molar-refractivity contribution in [3.63, 3.8) is 0 Å². The topological polar surface area (TPSA) is 0 Å². The summed E-state index contributed by atoms with van der Waals surface area (Å²) in [6.07, 6.45) is 3.37. The van der Waals surface area contributed by atoms with Gasteiger partial charge in [0.05, 0.1) is 4.47 Å². The lowest BCUT2D eigenvalue weighted by atomic mass is 9.81. The molecule has 1 aliphatic rings. The molecule has 1 unspecified atom stereocenters. The van der Waals surface area contributed by atoms with Crippen molar-refractivity contribution in [1.29, 1.82) is 0 Å². The van der Waals surface area contributed by atoms with Gasteiger partial charge in [-0.3, -0.25) is 0 Å². The van der Waals surface area contributed by atoms with Crippen LogP contribution < -0.4 is 0 Å². The Morgan fingerprint density at radius 1 is 1.50 bits per heavy atom. The second-order valence-corrected chi connectivity index (χ2v) is 6.01. The number of benzene rings is 1. The Balaban J connectivity index is 2.22. The van der Waals surface area contributed by atoms with E-state index in [2.05, 4.69) is 22.9 Å². The van der Waals surface area contributed by atoms with E-state index in [9.17, 15) is 4.39 Å². The molecule has 1 fully saturated rings.